The second-order valence-corrected chi connectivity index (χ2v) is 6.03. The average molecular weight is 303 g/mol. The Kier molecular flexibility index (Phi) is 5.24. The van der Waals surface area contributed by atoms with Crippen molar-refractivity contribution in [2.75, 3.05) is 26.1 Å². The maximum absolute atomic E-state index is 11.5. The first-order chi connectivity index (χ1) is 10.5. The Morgan fingerprint density at radius 1 is 1.36 bits per heavy atom. The van der Waals surface area contributed by atoms with E-state index >= 15 is 0 Å². The van der Waals surface area contributed by atoms with Gasteiger partial charge in [0.05, 0.1) is 25.7 Å². The van der Waals surface area contributed by atoms with E-state index in [0.29, 0.717) is 0 Å². The van der Waals surface area contributed by atoms with Gasteiger partial charge in [0.25, 0.3) is 0 Å². The first-order valence-electron chi connectivity index (χ1n) is 7.60. The van der Waals surface area contributed by atoms with Gasteiger partial charge in [0, 0.05) is 25.7 Å². The second kappa shape index (κ2) is 6.97. The number of hydrogen-bond donors (Lipinski definition) is 0. The molecule has 1 aromatic carbocycles. The fourth-order valence-electron chi connectivity index (χ4n) is 3.01. The van der Waals surface area contributed by atoms with Crippen LogP contribution >= 0.6 is 0 Å². The Morgan fingerprint density at radius 2 is 2.00 bits per heavy atom. The number of methoxy groups -OCH3 is 1. The van der Waals surface area contributed by atoms with Gasteiger partial charge in [0.1, 0.15) is 0 Å². The maximum Gasteiger partial charge on any atom is 0.308 e. The highest BCUT2D eigenvalue weighted by molar-refractivity contribution is 5.69. The van der Waals surface area contributed by atoms with E-state index in [1.54, 1.807) is 0 Å². The summed E-state index contributed by atoms with van der Waals surface area (Å²) in [5, 5.41) is 0. The monoisotopic (exact) mass is 303 g/mol. The third kappa shape index (κ3) is 3.33. The Morgan fingerprint density at radius 3 is 2.50 bits per heavy atom. The normalized spacial score (nSPS) is 27.5. The summed E-state index contributed by atoms with van der Waals surface area (Å²) >= 11 is 0. The van der Waals surface area contributed by atoms with Gasteiger partial charge in [-0.2, -0.15) is 0 Å². The summed E-state index contributed by atoms with van der Waals surface area (Å²) in [5.74, 6) is 0.193. The molecule has 22 heavy (non-hydrogen) atoms. The van der Waals surface area contributed by atoms with E-state index in [4.69, 9.17) is 9.47 Å². The summed E-state index contributed by atoms with van der Waals surface area (Å²) in [6.07, 6.45) is 2.04. The lowest BCUT2D eigenvalue weighted by molar-refractivity contribution is -0.144. The summed E-state index contributed by atoms with van der Waals surface area (Å²) in [6.45, 7) is 6.05. The maximum atomic E-state index is 11.5. The van der Waals surface area contributed by atoms with Crippen LogP contribution in [-0.4, -0.2) is 33.3 Å². The van der Waals surface area contributed by atoms with Crippen molar-refractivity contribution in [1.29, 1.82) is 0 Å². The summed E-state index contributed by atoms with van der Waals surface area (Å²) in [6, 6.07) is 8.34. The van der Waals surface area contributed by atoms with Gasteiger partial charge in [0.15, 0.2) is 0 Å². The lowest BCUT2D eigenvalue weighted by Gasteiger charge is -2.19. The van der Waals surface area contributed by atoms with Gasteiger partial charge < -0.3 is 14.4 Å². The third-order valence-electron chi connectivity index (χ3n) is 4.47. The van der Waals surface area contributed by atoms with Gasteiger partial charge in [-0.1, -0.05) is 25.1 Å². The van der Waals surface area contributed by atoms with E-state index in [2.05, 4.69) is 42.7 Å². The van der Waals surface area contributed by atoms with Gasteiger partial charge >= 0.3 is 5.97 Å². The number of hydrogen-bond acceptors (Lipinski definition) is 4. The number of nitrogens with zero attached hydrogens (tertiary/aromatic N) is 1. The van der Waals surface area contributed by atoms with Crippen molar-refractivity contribution in [2.45, 2.75) is 25.6 Å². The van der Waals surface area contributed by atoms with E-state index in [0.717, 1.165) is 11.3 Å². The molecule has 0 amide bonds. The number of ether oxygens (including phenoxy) is 2. The molecule has 0 aromatic heterocycles. The number of carbonyl (C=O) groups is 1. The molecule has 1 aromatic rings. The van der Waals surface area contributed by atoms with E-state index in [1.165, 1.54) is 7.11 Å². The van der Waals surface area contributed by atoms with Crippen LogP contribution in [0.1, 0.15) is 25.0 Å². The van der Waals surface area contributed by atoms with Crippen LogP contribution in [-0.2, 0) is 14.3 Å². The predicted octanol–water partition coefficient (Wildman–Crippen LogP) is 3.19. The molecule has 4 heteroatoms. The quantitative estimate of drug-likeness (QED) is 0.618. The van der Waals surface area contributed by atoms with E-state index in [9.17, 15) is 4.79 Å². The lowest BCUT2D eigenvalue weighted by Crippen LogP contribution is -2.21. The molecule has 1 saturated heterocycles. The smallest absolute Gasteiger partial charge is 0.308 e. The minimum atomic E-state index is -0.233. The van der Waals surface area contributed by atoms with Crippen LogP contribution < -0.4 is 4.90 Å². The molecular formula is C18H25NO3. The van der Waals surface area contributed by atoms with Crippen LogP contribution in [0.5, 0.6) is 0 Å². The molecular weight excluding hydrogens is 278 g/mol. The van der Waals surface area contributed by atoms with E-state index in [-0.39, 0.29) is 36.4 Å². The number of esters is 1. The molecule has 1 heterocycles. The highest BCUT2D eigenvalue weighted by atomic mass is 16.5. The van der Waals surface area contributed by atoms with Crippen LogP contribution in [0.4, 0.5) is 5.69 Å². The van der Waals surface area contributed by atoms with Crippen LogP contribution in [0.25, 0.3) is 0 Å². The van der Waals surface area contributed by atoms with E-state index < -0.39 is 0 Å². The van der Waals surface area contributed by atoms with Crippen LogP contribution in [0.15, 0.2) is 36.9 Å². The minimum Gasteiger partial charge on any atom is -0.469 e. The topological polar surface area (TPSA) is 38.8 Å². The predicted molar refractivity (Wildman–Crippen MR) is 87.9 cm³/mol. The van der Waals surface area contributed by atoms with Gasteiger partial charge in [-0.15, -0.1) is 6.58 Å². The van der Waals surface area contributed by atoms with Gasteiger partial charge in [-0.25, -0.2) is 0 Å². The number of benzene rings is 1. The standard InChI is InChI=1S/C18H25NO3/c1-6-15-12(2)16(11-17(20)21-5)22-18(15)13-7-9-14(10-8-13)19(3)4/h6-10,12,15-16,18H,1,11H2,2-5H3/t12-,15-,16+,18+/m1/s1. The van der Waals surface area contributed by atoms with Crippen LogP contribution in [0.3, 0.4) is 0 Å². The molecule has 0 N–H and O–H groups in total. The highest BCUT2D eigenvalue weighted by Crippen LogP contribution is 2.44. The average Bonchev–Trinajstić information content (AvgIpc) is 2.83. The molecule has 4 nitrogen and oxygen atoms in total. The molecule has 120 valence electrons. The fraction of sp³-hybridized carbons (Fsp3) is 0.500. The van der Waals surface area contributed by atoms with Crippen molar-refractivity contribution < 1.29 is 14.3 Å². The Labute approximate surface area is 132 Å². The molecule has 0 saturated carbocycles. The van der Waals surface area contributed by atoms with Crippen molar-refractivity contribution >= 4 is 11.7 Å². The molecule has 0 spiro atoms. The van der Waals surface area contributed by atoms with Gasteiger partial charge in [-0.05, 0) is 23.6 Å². The zero-order chi connectivity index (χ0) is 16.3. The Balaban J connectivity index is 2.18. The largest absolute Gasteiger partial charge is 0.469 e. The van der Waals surface area contributed by atoms with Crippen LogP contribution in [0.2, 0.25) is 0 Å². The molecule has 1 fully saturated rings. The molecule has 1 aliphatic rings. The number of rotatable bonds is 5. The van der Waals surface area contributed by atoms with Crippen molar-refractivity contribution in [3.63, 3.8) is 0 Å². The minimum absolute atomic E-state index is 0.0571. The number of carbonyl (C=O) groups excluding carboxylic acids is 1. The zero-order valence-corrected chi connectivity index (χ0v) is 13.8. The van der Waals surface area contributed by atoms with E-state index in [1.807, 2.05) is 20.2 Å². The molecule has 0 bridgehead atoms. The van der Waals surface area contributed by atoms with Gasteiger partial charge in [-0.3, -0.25) is 4.79 Å². The van der Waals surface area contributed by atoms with Crippen molar-refractivity contribution in [3.05, 3.63) is 42.5 Å². The summed E-state index contributed by atoms with van der Waals surface area (Å²) in [4.78, 5) is 13.6. The second-order valence-electron chi connectivity index (χ2n) is 6.03. The molecule has 4 atom stereocenters. The Hall–Kier alpha value is -1.81. The van der Waals surface area contributed by atoms with Gasteiger partial charge in [0.2, 0.25) is 0 Å². The third-order valence-corrected chi connectivity index (χ3v) is 4.47. The lowest BCUT2D eigenvalue weighted by atomic mass is 9.85. The molecule has 0 unspecified atom stereocenters. The van der Waals surface area contributed by atoms with Crippen molar-refractivity contribution in [3.8, 4) is 0 Å². The van der Waals surface area contributed by atoms with Crippen LogP contribution in [0, 0.1) is 11.8 Å². The zero-order valence-electron chi connectivity index (χ0n) is 13.8. The summed E-state index contributed by atoms with van der Waals surface area (Å²) in [7, 11) is 5.44. The molecule has 1 aliphatic heterocycles. The summed E-state index contributed by atoms with van der Waals surface area (Å²) in [5.41, 5.74) is 2.27. The fourth-order valence-corrected chi connectivity index (χ4v) is 3.01. The Bertz CT molecular complexity index is 524. The summed E-state index contributed by atoms with van der Waals surface area (Å²) < 4.78 is 10.9. The molecule has 0 aliphatic carbocycles. The van der Waals surface area contributed by atoms with Crippen molar-refractivity contribution in [1.82, 2.24) is 0 Å². The SMILES string of the molecule is C=C[C@@H]1[C@@H](C)[C@H](CC(=O)OC)O[C@H]1c1ccc(N(C)C)cc1. The molecule has 0 radical (unpaired) electrons. The first kappa shape index (κ1) is 16.6. The molecule has 2 rings (SSSR count). The number of anilines is 1. The highest BCUT2D eigenvalue weighted by Gasteiger charge is 2.41. The van der Waals surface area contributed by atoms with Crippen molar-refractivity contribution in [2.24, 2.45) is 11.8 Å². The first-order valence-corrected chi connectivity index (χ1v) is 7.60.